The molecule has 0 radical (unpaired) electrons. The number of rotatable bonds is 5. The molecule has 0 aliphatic carbocycles. The summed E-state index contributed by atoms with van der Waals surface area (Å²) in [6.07, 6.45) is -4.32. The molecular formula is C12H16BrF3N2O2S. The van der Waals surface area contributed by atoms with Crippen molar-refractivity contribution in [3.05, 3.63) is 22.2 Å². The van der Waals surface area contributed by atoms with Crippen molar-refractivity contribution >= 4 is 31.6 Å². The first-order chi connectivity index (χ1) is 9.49. The van der Waals surface area contributed by atoms with Crippen molar-refractivity contribution in [1.82, 2.24) is 4.31 Å². The molecule has 9 heteroatoms. The minimum atomic E-state index is -4.60. The molecular weight excluding hydrogens is 373 g/mol. The molecule has 0 fully saturated rings. The smallest absolute Gasteiger partial charge is 0.398 e. The van der Waals surface area contributed by atoms with Gasteiger partial charge in [-0.1, -0.05) is 6.92 Å². The molecule has 0 aromatic heterocycles. The summed E-state index contributed by atoms with van der Waals surface area (Å²) in [7, 11) is -4.25. The SMILES string of the molecule is CCCN(CC(F)(F)F)S(=O)(=O)c1cc(N)c(Br)cc1C. The lowest BCUT2D eigenvalue weighted by molar-refractivity contribution is -0.136. The molecule has 0 bridgehead atoms. The molecule has 0 amide bonds. The van der Waals surface area contributed by atoms with Crippen molar-refractivity contribution in [2.45, 2.75) is 31.3 Å². The van der Waals surface area contributed by atoms with Gasteiger partial charge in [-0.2, -0.15) is 17.5 Å². The Balaban J connectivity index is 3.32. The molecule has 0 spiro atoms. The maximum Gasteiger partial charge on any atom is 0.402 e. The van der Waals surface area contributed by atoms with Crippen LogP contribution in [-0.4, -0.2) is 32.0 Å². The van der Waals surface area contributed by atoms with E-state index >= 15 is 0 Å². The highest BCUT2D eigenvalue weighted by atomic mass is 79.9. The Bertz CT molecular complexity index is 618. The third kappa shape index (κ3) is 4.58. The van der Waals surface area contributed by atoms with E-state index in [0.29, 0.717) is 14.3 Å². The van der Waals surface area contributed by atoms with Gasteiger partial charge in [0, 0.05) is 16.7 Å². The summed E-state index contributed by atoms with van der Waals surface area (Å²) in [4.78, 5) is -0.207. The first-order valence-electron chi connectivity index (χ1n) is 6.11. The maximum atomic E-state index is 12.6. The molecule has 0 heterocycles. The van der Waals surface area contributed by atoms with Gasteiger partial charge < -0.3 is 5.73 Å². The fraction of sp³-hybridized carbons (Fsp3) is 0.500. The molecule has 0 saturated heterocycles. The van der Waals surface area contributed by atoms with Crippen LogP contribution in [0.25, 0.3) is 0 Å². The zero-order valence-electron chi connectivity index (χ0n) is 11.5. The summed E-state index contributed by atoms with van der Waals surface area (Å²) >= 11 is 3.15. The lowest BCUT2D eigenvalue weighted by Gasteiger charge is -2.24. The third-order valence-corrected chi connectivity index (χ3v) is 5.41. The minimum Gasteiger partial charge on any atom is -0.398 e. The van der Waals surface area contributed by atoms with Gasteiger partial charge in [0.2, 0.25) is 10.0 Å². The van der Waals surface area contributed by atoms with Crippen molar-refractivity contribution in [2.75, 3.05) is 18.8 Å². The quantitative estimate of drug-likeness (QED) is 0.787. The normalized spacial score (nSPS) is 12.9. The standard InChI is InChI=1S/C12H16BrF3N2O2S/c1-3-4-18(7-12(14,15)16)21(19,20)11-6-10(17)9(13)5-8(11)2/h5-6H,3-4,7,17H2,1-2H3. The van der Waals surface area contributed by atoms with Crippen molar-refractivity contribution in [2.24, 2.45) is 0 Å². The van der Waals surface area contributed by atoms with Gasteiger partial charge in [0.25, 0.3) is 0 Å². The minimum absolute atomic E-state index is 0.155. The van der Waals surface area contributed by atoms with Crippen LogP contribution in [0.3, 0.4) is 0 Å². The lowest BCUT2D eigenvalue weighted by Crippen LogP contribution is -2.39. The van der Waals surface area contributed by atoms with Crippen LogP contribution in [0.2, 0.25) is 0 Å². The fourth-order valence-corrected chi connectivity index (χ4v) is 4.04. The predicted octanol–water partition coefficient (Wildman–Crippen LogP) is 3.30. The molecule has 1 aromatic rings. The predicted molar refractivity (Wildman–Crippen MR) is 78.4 cm³/mol. The average molecular weight is 389 g/mol. The van der Waals surface area contributed by atoms with Crippen molar-refractivity contribution < 1.29 is 21.6 Å². The molecule has 0 atom stereocenters. The van der Waals surface area contributed by atoms with E-state index in [9.17, 15) is 21.6 Å². The number of hydrogen-bond acceptors (Lipinski definition) is 3. The highest BCUT2D eigenvalue weighted by molar-refractivity contribution is 9.10. The van der Waals surface area contributed by atoms with Crippen LogP contribution < -0.4 is 5.73 Å². The molecule has 1 rings (SSSR count). The van der Waals surface area contributed by atoms with Crippen LogP contribution in [0, 0.1) is 6.92 Å². The van der Waals surface area contributed by atoms with E-state index in [0.717, 1.165) is 0 Å². The number of hydrogen-bond donors (Lipinski definition) is 1. The summed E-state index contributed by atoms with van der Waals surface area (Å²) in [5.74, 6) is 0. The van der Waals surface area contributed by atoms with Crippen molar-refractivity contribution in [3.63, 3.8) is 0 Å². The van der Waals surface area contributed by atoms with Gasteiger partial charge in [-0.3, -0.25) is 0 Å². The molecule has 120 valence electrons. The Morgan fingerprint density at radius 1 is 1.33 bits per heavy atom. The number of nitrogens with two attached hydrogens (primary N) is 1. The van der Waals surface area contributed by atoms with Gasteiger partial charge >= 0.3 is 6.18 Å². The summed E-state index contributed by atoms with van der Waals surface area (Å²) < 4.78 is 63.6. The average Bonchev–Trinajstić information content (AvgIpc) is 2.31. The van der Waals surface area contributed by atoms with E-state index in [4.69, 9.17) is 5.73 Å². The van der Waals surface area contributed by atoms with Crippen LogP contribution in [0.4, 0.5) is 18.9 Å². The number of halogens is 4. The first kappa shape index (κ1) is 18.2. The van der Waals surface area contributed by atoms with E-state index in [1.54, 1.807) is 6.92 Å². The maximum absolute atomic E-state index is 12.6. The lowest BCUT2D eigenvalue weighted by atomic mass is 10.2. The topological polar surface area (TPSA) is 63.4 Å². The monoisotopic (exact) mass is 388 g/mol. The number of aryl methyl sites for hydroxylation is 1. The van der Waals surface area contributed by atoms with E-state index in [-0.39, 0.29) is 23.5 Å². The van der Waals surface area contributed by atoms with Crippen LogP contribution in [0.1, 0.15) is 18.9 Å². The van der Waals surface area contributed by atoms with Gasteiger partial charge in [-0.25, -0.2) is 8.42 Å². The first-order valence-corrected chi connectivity index (χ1v) is 8.35. The van der Waals surface area contributed by atoms with Crippen molar-refractivity contribution in [3.8, 4) is 0 Å². The second kappa shape index (κ2) is 6.53. The summed E-state index contributed by atoms with van der Waals surface area (Å²) in [6.45, 7) is 1.40. The second-order valence-electron chi connectivity index (χ2n) is 4.59. The Morgan fingerprint density at radius 3 is 2.38 bits per heavy atom. The Hall–Kier alpha value is -0.800. The zero-order chi connectivity index (χ0) is 16.4. The molecule has 2 N–H and O–H groups in total. The highest BCUT2D eigenvalue weighted by Crippen LogP contribution is 2.30. The van der Waals surface area contributed by atoms with E-state index in [1.807, 2.05) is 0 Å². The molecule has 21 heavy (non-hydrogen) atoms. The largest absolute Gasteiger partial charge is 0.402 e. The summed E-state index contributed by atoms with van der Waals surface area (Å²) in [5, 5.41) is 0. The second-order valence-corrected chi connectivity index (χ2v) is 7.35. The molecule has 0 aliphatic heterocycles. The van der Waals surface area contributed by atoms with E-state index < -0.39 is 22.7 Å². The fourth-order valence-electron chi connectivity index (χ4n) is 1.82. The Labute approximate surface area is 130 Å². The van der Waals surface area contributed by atoms with Crippen LogP contribution in [0.15, 0.2) is 21.5 Å². The number of sulfonamides is 1. The Kier molecular flexibility index (Phi) is 5.68. The van der Waals surface area contributed by atoms with Gasteiger partial charge in [0.05, 0.1) is 4.90 Å². The third-order valence-electron chi connectivity index (χ3n) is 2.74. The van der Waals surface area contributed by atoms with Gasteiger partial charge in [-0.15, -0.1) is 0 Å². The number of benzene rings is 1. The van der Waals surface area contributed by atoms with Gasteiger partial charge in [0.1, 0.15) is 6.54 Å². The van der Waals surface area contributed by atoms with Crippen molar-refractivity contribution in [1.29, 1.82) is 0 Å². The summed E-state index contributed by atoms with van der Waals surface area (Å²) in [5.41, 5.74) is 6.12. The number of nitrogen functional groups attached to an aromatic ring is 1. The molecule has 0 saturated carbocycles. The molecule has 0 unspecified atom stereocenters. The van der Waals surface area contributed by atoms with Gasteiger partial charge in [-0.05, 0) is 47.0 Å². The molecule has 4 nitrogen and oxygen atoms in total. The van der Waals surface area contributed by atoms with Crippen LogP contribution >= 0.6 is 15.9 Å². The zero-order valence-corrected chi connectivity index (χ0v) is 13.9. The molecule has 0 aliphatic rings. The van der Waals surface area contributed by atoms with Crippen LogP contribution in [0.5, 0.6) is 0 Å². The highest BCUT2D eigenvalue weighted by Gasteiger charge is 2.37. The number of nitrogens with zero attached hydrogens (tertiary/aromatic N) is 1. The summed E-state index contributed by atoms with van der Waals surface area (Å²) in [6, 6.07) is 2.65. The number of alkyl halides is 3. The number of anilines is 1. The van der Waals surface area contributed by atoms with E-state index in [1.165, 1.54) is 19.1 Å². The Morgan fingerprint density at radius 2 is 1.90 bits per heavy atom. The van der Waals surface area contributed by atoms with E-state index in [2.05, 4.69) is 15.9 Å². The van der Waals surface area contributed by atoms with Gasteiger partial charge in [0.15, 0.2) is 0 Å². The van der Waals surface area contributed by atoms with Crippen LogP contribution in [-0.2, 0) is 10.0 Å². The molecule has 1 aromatic carbocycles.